The van der Waals surface area contributed by atoms with Gasteiger partial charge in [0.25, 0.3) is 10.0 Å². The van der Waals surface area contributed by atoms with Crippen LogP contribution in [0.15, 0.2) is 58.2 Å². The van der Waals surface area contributed by atoms with Crippen LogP contribution < -0.4 is 5.32 Å². The standard InChI is InChI=1S/C20H18ClF3N6O3S/c1-29(2)12-27-34(32,33)17-8-15(28-18(31)7-13-5-3-4-6-16(13)21)10-25-19(17)30-11-14(9-26-30)20(22,23)24/h3-6,8-12H,7H2,1-2H3,(H,28,31). The van der Waals surface area contributed by atoms with Crippen LogP contribution in [-0.2, 0) is 27.4 Å². The van der Waals surface area contributed by atoms with Gasteiger partial charge in [0.15, 0.2) is 5.82 Å². The van der Waals surface area contributed by atoms with Crippen molar-refractivity contribution in [3.8, 4) is 5.82 Å². The molecule has 1 N–H and O–H groups in total. The zero-order valence-electron chi connectivity index (χ0n) is 17.8. The number of nitrogens with zero attached hydrogens (tertiary/aromatic N) is 5. The minimum Gasteiger partial charge on any atom is -0.368 e. The molecule has 0 bridgehead atoms. The van der Waals surface area contributed by atoms with Crippen LogP contribution in [0, 0.1) is 0 Å². The number of hydrogen-bond acceptors (Lipinski definition) is 5. The molecule has 0 aliphatic carbocycles. The molecule has 14 heteroatoms. The fraction of sp³-hybridized carbons (Fsp3) is 0.200. The number of alkyl halides is 3. The van der Waals surface area contributed by atoms with Gasteiger partial charge in [-0.15, -0.1) is 4.40 Å². The molecule has 34 heavy (non-hydrogen) atoms. The lowest BCUT2D eigenvalue weighted by atomic mass is 10.1. The van der Waals surface area contributed by atoms with E-state index >= 15 is 0 Å². The molecule has 9 nitrogen and oxygen atoms in total. The van der Waals surface area contributed by atoms with Crippen molar-refractivity contribution in [3.05, 3.63) is 65.1 Å². The highest BCUT2D eigenvalue weighted by atomic mass is 35.5. The summed E-state index contributed by atoms with van der Waals surface area (Å²) in [6, 6.07) is 7.73. The number of pyridine rings is 1. The lowest BCUT2D eigenvalue weighted by Crippen LogP contribution is -2.17. The Hall–Kier alpha value is -3.45. The van der Waals surface area contributed by atoms with Gasteiger partial charge in [-0.3, -0.25) is 4.79 Å². The molecule has 2 aromatic heterocycles. The van der Waals surface area contributed by atoms with E-state index in [4.69, 9.17) is 11.6 Å². The Morgan fingerprint density at radius 3 is 2.59 bits per heavy atom. The van der Waals surface area contributed by atoms with E-state index in [2.05, 4.69) is 19.8 Å². The van der Waals surface area contributed by atoms with E-state index < -0.39 is 38.4 Å². The van der Waals surface area contributed by atoms with E-state index in [9.17, 15) is 26.4 Å². The van der Waals surface area contributed by atoms with Crippen molar-refractivity contribution in [1.82, 2.24) is 19.7 Å². The van der Waals surface area contributed by atoms with Gasteiger partial charge in [-0.1, -0.05) is 29.8 Å². The molecule has 3 aromatic rings. The summed E-state index contributed by atoms with van der Waals surface area (Å²) in [5.74, 6) is -0.934. The van der Waals surface area contributed by atoms with Gasteiger partial charge in [0.05, 0.1) is 30.1 Å². The van der Waals surface area contributed by atoms with Gasteiger partial charge in [-0.05, 0) is 17.7 Å². The van der Waals surface area contributed by atoms with Crippen molar-refractivity contribution in [1.29, 1.82) is 0 Å². The van der Waals surface area contributed by atoms with Gasteiger partial charge >= 0.3 is 6.18 Å². The minimum absolute atomic E-state index is 0.0115. The molecular formula is C20H18ClF3N6O3S. The topological polar surface area (TPSA) is 110 Å². The molecule has 0 fully saturated rings. The molecule has 0 spiro atoms. The first-order chi connectivity index (χ1) is 15.9. The van der Waals surface area contributed by atoms with Crippen molar-refractivity contribution in [2.24, 2.45) is 4.40 Å². The van der Waals surface area contributed by atoms with E-state index in [0.717, 1.165) is 18.6 Å². The normalized spacial score (nSPS) is 12.2. The number of anilines is 1. The number of aromatic nitrogens is 3. The summed E-state index contributed by atoms with van der Waals surface area (Å²) in [6.45, 7) is 0. The Morgan fingerprint density at radius 1 is 1.26 bits per heavy atom. The van der Waals surface area contributed by atoms with Crippen LogP contribution in [0.4, 0.5) is 18.9 Å². The molecular weight excluding hydrogens is 497 g/mol. The summed E-state index contributed by atoms with van der Waals surface area (Å²) in [4.78, 5) is 17.2. The first kappa shape index (κ1) is 25.2. The fourth-order valence-corrected chi connectivity index (χ4v) is 3.97. The van der Waals surface area contributed by atoms with Gasteiger partial charge in [0, 0.05) is 25.3 Å². The average molecular weight is 515 g/mol. The minimum atomic E-state index is -4.69. The summed E-state index contributed by atoms with van der Waals surface area (Å²) in [6.07, 6.45) is -1.54. The van der Waals surface area contributed by atoms with E-state index in [1.807, 2.05) is 0 Å². The van der Waals surface area contributed by atoms with Crippen LogP contribution in [0.5, 0.6) is 0 Å². The summed E-state index contributed by atoms with van der Waals surface area (Å²) in [7, 11) is -1.36. The molecule has 0 unspecified atom stereocenters. The third kappa shape index (κ3) is 6.11. The van der Waals surface area contributed by atoms with Crippen molar-refractivity contribution in [2.75, 3.05) is 19.4 Å². The molecule has 0 saturated heterocycles. The first-order valence-corrected chi connectivity index (χ1v) is 11.3. The second kappa shape index (κ2) is 9.81. The first-order valence-electron chi connectivity index (χ1n) is 9.49. The number of halogens is 4. The maximum atomic E-state index is 13.0. The molecule has 0 saturated carbocycles. The third-order valence-electron chi connectivity index (χ3n) is 4.25. The summed E-state index contributed by atoms with van der Waals surface area (Å²) in [5.41, 5.74) is -0.555. The van der Waals surface area contributed by atoms with Crippen molar-refractivity contribution in [2.45, 2.75) is 17.5 Å². The van der Waals surface area contributed by atoms with Crippen molar-refractivity contribution < 1.29 is 26.4 Å². The van der Waals surface area contributed by atoms with Crippen LogP contribution in [0.1, 0.15) is 11.1 Å². The largest absolute Gasteiger partial charge is 0.419 e. The summed E-state index contributed by atoms with van der Waals surface area (Å²) >= 11 is 6.06. The van der Waals surface area contributed by atoms with Crippen LogP contribution in [0.25, 0.3) is 5.82 Å². The number of hydrogen-bond donors (Lipinski definition) is 1. The molecule has 0 atom stereocenters. The number of amides is 1. The smallest absolute Gasteiger partial charge is 0.368 e. The zero-order chi connectivity index (χ0) is 25.1. The molecule has 2 heterocycles. The Bertz CT molecular complexity index is 1340. The Morgan fingerprint density at radius 2 is 1.97 bits per heavy atom. The summed E-state index contributed by atoms with van der Waals surface area (Å²) in [5, 5.41) is 6.47. The van der Waals surface area contributed by atoms with E-state index in [0.29, 0.717) is 27.7 Å². The fourth-order valence-electron chi connectivity index (χ4n) is 2.69. The van der Waals surface area contributed by atoms with E-state index in [1.165, 1.54) is 19.0 Å². The van der Waals surface area contributed by atoms with Crippen LogP contribution >= 0.6 is 11.6 Å². The highest BCUT2D eigenvalue weighted by Gasteiger charge is 2.33. The molecule has 0 aliphatic heterocycles. The van der Waals surface area contributed by atoms with Gasteiger partial charge in [0.2, 0.25) is 5.91 Å². The monoisotopic (exact) mass is 514 g/mol. The van der Waals surface area contributed by atoms with Crippen molar-refractivity contribution in [3.63, 3.8) is 0 Å². The Kier molecular flexibility index (Phi) is 7.26. The van der Waals surface area contributed by atoms with Crippen molar-refractivity contribution >= 4 is 39.6 Å². The zero-order valence-corrected chi connectivity index (χ0v) is 19.4. The molecule has 0 aliphatic rings. The molecule has 1 aromatic carbocycles. The quantitative estimate of drug-likeness (QED) is 0.382. The number of nitrogens with one attached hydrogen (secondary N) is 1. The number of carbonyl (C=O) groups excluding carboxylic acids is 1. The number of sulfonamides is 1. The van der Waals surface area contributed by atoms with Gasteiger partial charge in [0.1, 0.15) is 11.2 Å². The Labute approximate surface area is 197 Å². The predicted octanol–water partition coefficient (Wildman–Crippen LogP) is 3.40. The third-order valence-corrected chi connectivity index (χ3v) is 5.84. The molecule has 180 valence electrons. The average Bonchev–Trinajstić information content (AvgIpc) is 3.25. The van der Waals surface area contributed by atoms with Crippen LogP contribution in [0.2, 0.25) is 5.02 Å². The summed E-state index contributed by atoms with van der Waals surface area (Å²) < 4.78 is 68.9. The lowest BCUT2D eigenvalue weighted by Gasteiger charge is -2.11. The van der Waals surface area contributed by atoms with Crippen LogP contribution in [0.3, 0.4) is 0 Å². The van der Waals surface area contributed by atoms with Gasteiger partial charge < -0.3 is 10.2 Å². The van der Waals surface area contributed by atoms with Gasteiger partial charge in [-0.25, -0.2) is 9.67 Å². The highest BCUT2D eigenvalue weighted by Crippen LogP contribution is 2.30. The van der Waals surface area contributed by atoms with Crippen LogP contribution in [-0.4, -0.2) is 54.4 Å². The second-order valence-electron chi connectivity index (χ2n) is 7.19. The SMILES string of the molecule is CN(C)C=NS(=O)(=O)c1cc(NC(=O)Cc2ccccc2Cl)cnc1-n1cc(C(F)(F)F)cn1. The molecule has 1 amide bonds. The van der Waals surface area contributed by atoms with E-state index in [1.54, 1.807) is 24.3 Å². The lowest BCUT2D eigenvalue weighted by molar-refractivity contribution is -0.137. The number of rotatable bonds is 7. The number of benzene rings is 1. The highest BCUT2D eigenvalue weighted by molar-refractivity contribution is 7.90. The maximum Gasteiger partial charge on any atom is 0.419 e. The van der Waals surface area contributed by atoms with E-state index in [-0.39, 0.29) is 12.1 Å². The molecule has 3 rings (SSSR count). The predicted molar refractivity (Wildman–Crippen MR) is 120 cm³/mol. The van der Waals surface area contributed by atoms with Gasteiger partial charge in [-0.2, -0.15) is 26.7 Å². The second-order valence-corrected chi connectivity index (χ2v) is 9.20. The Balaban J connectivity index is 2.00. The maximum absolute atomic E-state index is 13.0. The molecule has 0 radical (unpaired) electrons. The number of carbonyl (C=O) groups is 1.